The minimum absolute atomic E-state index is 0.809. The number of rotatable bonds is 3. The molecule has 0 atom stereocenters. The highest BCUT2D eigenvalue weighted by atomic mass is 127. The van der Waals surface area contributed by atoms with Gasteiger partial charge in [0, 0.05) is 15.1 Å². The van der Waals surface area contributed by atoms with Crippen LogP contribution in [0.4, 0.5) is 0 Å². The number of nitrogens with one attached hydrogen (secondary N) is 1. The standard InChI is InChI=1S/C9H11ClIN/c1-2-12-6-7-5-8(10)3-4-9(7)11/h3-5,12H,2,6H2,1H3. The minimum atomic E-state index is 0.809. The van der Waals surface area contributed by atoms with Crippen molar-refractivity contribution in [1.29, 1.82) is 0 Å². The summed E-state index contributed by atoms with van der Waals surface area (Å²) in [6.45, 7) is 3.98. The largest absolute Gasteiger partial charge is 0.313 e. The van der Waals surface area contributed by atoms with E-state index >= 15 is 0 Å². The molecular formula is C9H11ClIN. The number of benzene rings is 1. The van der Waals surface area contributed by atoms with Gasteiger partial charge in [0.2, 0.25) is 0 Å². The van der Waals surface area contributed by atoms with Gasteiger partial charge in [0.15, 0.2) is 0 Å². The van der Waals surface area contributed by atoms with Gasteiger partial charge in [-0.05, 0) is 52.9 Å². The first-order chi connectivity index (χ1) is 5.74. The molecule has 1 aromatic carbocycles. The Balaban J connectivity index is 2.75. The first-order valence-electron chi connectivity index (χ1n) is 3.88. The lowest BCUT2D eigenvalue weighted by molar-refractivity contribution is 0.724. The molecule has 1 rings (SSSR count). The summed E-state index contributed by atoms with van der Waals surface area (Å²) in [5.74, 6) is 0. The fourth-order valence-electron chi connectivity index (χ4n) is 0.938. The van der Waals surface area contributed by atoms with E-state index in [0.717, 1.165) is 18.1 Å². The fraction of sp³-hybridized carbons (Fsp3) is 0.333. The van der Waals surface area contributed by atoms with Crippen LogP contribution in [0.2, 0.25) is 5.02 Å². The molecule has 0 saturated heterocycles. The van der Waals surface area contributed by atoms with Gasteiger partial charge < -0.3 is 5.32 Å². The van der Waals surface area contributed by atoms with Gasteiger partial charge in [-0.3, -0.25) is 0 Å². The Bertz CT molecular complexity index is 263. The monoisotopic (exact) mass is 295 g/mol. The van der Waals surface area contributed by atoms with Gasteiger partial charge in [-0.1, -0.05) is 18.5 Å². The van der Waals surface area contributed by atoms with Crippen LogP contribution >= 0.6 is 34.2 Å². The van der Waals surface area contributed by atoms with Crippen LogP contribution in [0.25, 0.3) is 0 Å². The molecule has 0 aliphatic heterocycles. The van der Waals surface area contributed by atoms with Crippen molar-refractivity contribution < 1.29 is 0 Å². The molecule has 1 N–H and O–H groups in total. The minimum Gasteiger partial charge on any atom is -0.313 e. The van der Waals surface area contributed by atoms with Crippen LogP contribution < -0.4 is 5.32 Å². The molecule has 0 aromatic heterocycles. The predicted molar refractivity (Wildman–Crippen MR) is 61.5 cm³/mol. The van der Waals surface area contributed by atoms with Gasteiger partial charge >= 0.3 is 0 Å². The van der Waals surface area contributed by atoms with Crippen LogP contribution in [0.5, 0.6) is 0 Å². The molecule has 0 spiro atoms. The summed E-state index contributed by atoms with van der Waals surface area (Å²) < 4.78 is 1.26. The van der Waals surface area contributed by atoms with E-state index in [-0.39, 0.29) is 0 Å². The first-order valence-corrected chi connectivity index (χ1v) is 5.34. The van der Waals surface area contributed by atoms with Gasteiger partial charge in [0.25, 0.3) is 0 Å². The Morgan fingerprint density at radius 1 is 1.50 bits per heavy atom. The molecule has 12 heavy (non-hydrogen) atoms. The average Bonchev–Trinajstić information content (AvgIpc) is 2.07. The van der Waals surface area contributed by atoms with Crippen LogP contribution in [-0.4, -0.2) is 6.54 Å². The van der Waals surface area contributed by atoms with Gasteiger partial charge in [-0.25, -0.2) is 0 Å². The Morgan fingerprint density at radius 2 is 2.25 bits per heavy atom. The molecule has 0 heterocycles. The van der Waals surface area contributed by atoms with Crippen molar-refractivity contribution in [3.63, 3.8) is 0 Å². The van der Waals surface area contributed by atoms with Crippen molar-refractivity contribution in [3.05, 3.63) is 32.4 Å². The van der Waals surface area contributed by atoms with Crippen LogP contribution in [0.3, 0.4) is 0 Å². The molecule has 0 aliphatic rings. The highest BCUT2D eigenvalue weighted by Gasteiger charge is 1.98. The normalized spacial score (nSPS) is 10.2. The Morgan fingerprint density at radius 3 is 2.92 bits per heavy atom. The maximum absolute atomic E-state index is 5.86. The van der Waals surface area contributed by atoms with E-state index in [1.807, 2.05) is 18.2 Å². The molecule has 0 fully saturated rings. The maximum Gasteiger partial charge on any atom is 0.0409 e. The number of hydrogen-bond acceptors (Lipinski definition) is 1. The van der Waals surface area contributed by atoms with Gasteiger partial charge in [-0.15, -0.1) is 0 Å². The van der Waals surface area contributed by atoms with E-state index in [1.54, 1.807) is 0 Å². The van der Waals surface area contributed by atoms with Crippen molar-refractivity contribution >= 4 is 34.2 Å². The molecule has 1 aromatic rings. The predicted octanol–water partition coefficient (Wildman–Crippen LogP) is 3.05. The molecule has 0 saturated carbocycles. The fourth-order valence-corrected chi connectivity index (χ4v) is 1.66. The zero-order chi connectivity index (χ0) is 8.97. The third-order valence-corrected chi connectivity index (χ3v) is 2.86. The molecular weight excluding hydrogens is 284 g/mol. The SMILES string of the molecule is CCNCc1cc(Cl)ccc1I. The third-order valence-electron chi connectivity index (χ3n) is 1.57. The van der Waals surface area contributed by atoms with Gasteiger partial charge in [0.05, 0.1) is 0 Å². The average molecular weight is 296 g/mol. The summed E-state index contributed by atoms with van der Waals surface area (Å²) >= 11 is 8.18. The zero-order valence-electron chi connectivity index (χ0n) is 6.90. The summed E-state index contributed by atoms with van der Waals surface area (Å²) in [6.07, 6.45) is 0. The van der Waals surface area contributed by atoms with Crippen molar-refractivity contribution in [2.75, 3.05) is 6.54 Å². The van der Waals surface area contributed by atoms with Crippen molar-refractivity contribution in [2.24, 2.45) is 0 Å². The lowest BCUT2D eigenvalue weighted by atomic mass is 10.2. The van der Waals surface area contributed by atoms with E-state index in [2.05, 4.69) is 34.8 Å². The second kappa shape index (κ2) is 5.04. The molecule has 0 amide bonds. The van der Waals surface area contributed by atoms with Crippen molar-refractivity contribution in [3.8, 4) is 0 Å². The second-order valence-electron chi connectivity index (χ2n) is 2.52. The van der Waals surface area contributed by atoms with Gasteiger partial charge in [0.1, 0.15) is 0 Å². The molecule has 1 nitrogen and oxygen atoms in total. The van der Waals surface area contributed by atoms with E-state index in [0.29, 0.717) is 0 Å². The van der Waals surface area contributed by atoms with Crippen molar-refractivity contribution in [2.45, 2.75) is 13.5 Å². The number of hydrogen-bond donors (Lipinski definition) is 1. The zero-order valence-corrected chi connectivity index (χ0v) is 9.82. The lowest BCUT2D eigenvalue weighted by Crippen LogP contribution is -2.12. The quantitative estimate of drug-likeness (QED) is 0.845. The smallest absolute Gasteiger partial charge is 0.0409 e. The van der Waals surface area contributed by atoms with Crippen LogP contribution in [0.15, 0.2) is 18.2 Å². The van der Waals surface area contributed by atoms with E-state index in [4.69, 9.17) is 11.6 Å². The molecule has 0 unspecified atom stereocenters. The summed E-state index contributed by atoms with van der Waals surface area (Å²) in [5.41, 5.74) is 1.27. The second-order valence-corrected chi connectivity index (χ2v) is 4.11. The number of halogens is 2. The van der Waals surface area contributed by atoms with Crippen LogP contribution in [-0.2, 0) is 6.54 Å². The molecule has 0 bridgehead atoms. The summed E-state index contributed by atoms with van der Waals surface area (Å²) in [6, 6.07) is 5.96. The molecule has 3 heteroatoms. The highest BCUT2D eigenvalue weighted by molar-refractivity contribution is 14.1. The third kappa shape index (κ3) is 2.92. The van der Waals surface area contributed by atoms with Gasteiger partial charge in [-0.2, -0.15) is 0 Å². The highest BCUT2D eigenvalue weighted by Crippen LogP contribution is 2.17. The van der Waals surface area contributed by atoms with E-state index < -0.39 is 0 Å². The van der Waals surface area contributed by atoms with E-state index in [9.17, 15) is 0 Å². The Labute approximate surface area is 91.6 Å². The maximum atomic E-state index is 5.86. The van der Waals surface area contributed by atoms with E-state index in [1.165, 1.54) is 9.13 Å². The summed E-state index contributed by atoms with van der Waals surface area (Å²) in [7, 11) is 0. The lowest BCUT2D eigenvalue weighted by Gasteiger charge is -2.04. The first kappa shape index (κ1) is 10.3. The molecule has 66 valence electrons. The Kier molecular flexibility index (Phi) is 4.32. The summed E-state index contributed by atoms with van der Waals surface area (Å²) in [4.78, 5) is 0. The Hall–Kier alpha value is 0.200. The van der Waals surface area contributed by atoms with Crippen LogP contribution in [0, 0.1) is 3.57 Å². The van der Waals surface area contributed by atoms with Crippen LogP contribution in [0.1, 0.15) is 12.5 Å². The molecule has 0 aliphatic carbocycles. The van der Waals surface area contributed by atoms with Crippen molar-refractivity contribution in [1.82, 2.24) is 5.32 Å². The molecule has 0 radical (unpaired) electrons. The topological polar surface area (TPSA) is 12.0 Å². The summed E-state index contributed by atoms with van der Waals surface area (Å²) in [5, 5.41) is 4.08.